The highest BCUT2D eigenvalue weighted by Gasteiger charge is 2.20. The fraction of sp³-hybridized carbons (Fsp3) is 0.250. The molecule has 0 bridgehead atoms. The molecular weight excluding hydrogens is 482 g/mol. The molecule has 10 heteroatoms. The average molecular weight is 514 g/mol. The van der Waals surface area contributed by atoms with Crippen LogP contribution in [0.15, 0.2) is 78.2 Å². The molecule has 0 atom stereocenters. The second kappa shape index (κ2) is 13.0. The van der Waals surface area contributed by atoms with Crippen LogP contribution >= 0.6 is 0 Å². The normalized spacial score (nSPS) is 13.4. The highest BCUT2D eigenvalue weighted by atomic mass is 16.6. The lowest BCUT2D eigenvalue weighted by atomic mass is 10.0. The van der Waals surface area contributed by atoms with Gasteiger partial charge >= 0.3 is 6.09 Å². The molecule has 0 spiro atoms. The van der Waals surface area contributed by atoms with Gasteiger partial charge in [-0.1, -0.05) is 12.1 Å². The Morgan fingerprint density at radius 1 is 1.13 bits per heavy atom. The number of amides is 2. The summed E-state index contributed by atoms with van der Waals surface area (Å²) in [6.45, 7) is 3.68. The second-order valence-electron chi connectivity index (χ2n) is 8.57. The van der Waals surface area contributed by atoms with Crippen molar-refractivity contribution in [2.45, 2.75) is 19.8 Å². The Hall–Kier alpha value is -4.73. The minimum absolute atomic E-state index is 0.150. The van der Waals surface area contributed by atoms with Crippen molar-refractivity contribution >= 4 is 35.0 Å². The van der Waals surface area contributed by atoms with Crippen LogP contribution in [0.1, 0.15) is 34.8 Å². The van der Waals surface area contributed by atoms with E-state index >= 15 is 0 Å². The number of anilines is 1. The molecule has 1 aromatic carbocycles. The number of benzene rings is 1. The molecule has 4 N–H and O–H groups in total. The Labute approximate surface area is 221 Å². The zero-order valence-corrected chi connectivity index (χ0v) is 21.3. The fourth-order valence-corrected chi connectivity index (χ4v) is 3.99. The van der Waals surface area contributed by atoms with Crippen molar-refractivity contribution in [3.05, 3.63) is 89.9 Å². The minimum atomic E-state index is -0.311. The Morgan fingerprint density at radius 2 is 1.95 bits per heavy atom. The van der Waals surface area contributed by atoms with Crippen molar-refractivity contribution in [3.8, 4) is 0 Å². The number of aromatic nitrogens is 2. The molecule has 3 heterocycles. The minimum Gasteiger partial charge on any atom is -0.450 e. The zero-order chi connectivity index (χ0) is 26.7. The number of hydrogen-bond acceptors (Lipinski definition) is 6. The van der Waals surface area contributed by atoms with E-state index < -0.39 is 0 Å². The number of nitrogens with one attached hydrogen (secondary N) is 2. The number of nitrogens with zero attached hydrogens (tertiary/aromatic N) is 4. The van der Waals surface area contributed by atoms with Crippen LogP contribution in [0.25, 0.3) is 5.57 Å². The molecule has 0 unspecified atom stereocenters. The molecule has 1 aliphatic heterocycles. The van der Waals surface area contributed by atoms with Gasteiger partial charge < -0.3 is 26.0 Å². The van der Waals surface area contributed by atoms with E-state index in [1.165, 1.54) is 0 Å². The lowest BCUT2D eigenvalue weighted by Gasteiger charge is -2.26. The molecule has 1 aliphatic rings. The Balaban J connectivity index is 1.35. The van der Waals surface area contributed by atoms with Crippen LogP contribution < -0.4 is 16.4 Å². The van der Waals surface area contributed by atoms with Gasteiger partial charge in [-0.05, 0) is 73.4 Å². The summed E-state index contributed by atoms with van der Waals surface area (Å²) in [5.41, 5.74) is 10.4. The van der Waals surface area contributed by atoms with E-state index in [-0.39, 0.29) is 18.0 Å². The van der Waals surface area contributed by atoms with E-state index in [0.717, 1.165) is 16.7 Å². The van der Waals surface area contributed by atoms with E-state index in [0.29, 0.717) is 56.2 Å². The van der Waals surface area contributed by atoms with Crippen LogP contribution in [0, 0.1) is 0 Å². The van der Waals surface area contributed by atoms with E-state index in [2.05, 4.69) is 25.6 Å². The first-order valence-corrected chi connectivity index (χ1v) is 12.5. The van der Waals surface area contributed by atoms with Crippen molar-refractivity contribution < 1.29 is 14.3 Å². The molecule has 0 saturated carbocycles. The maximum atomic E-state index is 12.4. The van der Waals surface area contributed by atoms with E-state index in [1.54, 1.807) is 54.7 Å². The number of carbonyl (C=O) groups excluding carboxylic acids is 2. The Kier molecular flexibility index (Phi) is 9.01. The predicted molar refractivity (Wildman–Crippen MR) is 147 cm³/mol. The molecule has 0 radical (unpaired) electrons. The molecule has 2 aromatic heterocycles. The van der Waals surface area contributed by atoms with Crippen molar-refractivity contribution in [2.24, 2.45) is 10.7 Å². The average Bonchev–Trinajstić information content (AvgIpc) is 2.94. The Morgan fingerprint density at radius 3 is 2.66 bits per heavy atom. The molecule has 0 saturated heterocycles. The first kappa shape index (κ1) is 26.3. The zero-order valence-electron chi connectivity index (χ0n) is 21.3. The number of nitrogens with two attached hydrogens (primary N) is 1. The van der Waals surface area contributed by atoms with Crippen molar-refractivity contribution in [2.75, 3.05) is 31.6 Å². The maximum Gasteiger partial charge on any atom is 0.410 e. The molecular formula is C28H31N7O3. The molecule has 38 heavy (non-hydrogen) atoms. The summed E-state index contributed by atoms with van der Waals surface area (Å²) in [6, 6.07) is 14.6. The van der Waals surface area contributed by atoms with Gasteiger partial charge in [-0.25, -0.2) is 9.78 Å². The third kappa shape index (κ3) is 7.16. The summed E-state index contributed by atoms with van der Waals surface area (Å²) in [5.74, 6) is 0.503. The summed E-state index contributed by atoms with van der Waals surface area (Å²) >= 11 is 0. The third-order valence-corrected chi connectivity index (χ3v) is 5.94. The quantitative estimate of drug-likeness (QED) is 0.308. The van der Waals surface area contributed by atoms with Crippen LogP contribution in [0.5, 0.6) is 0 Å². The molecule has 0 fully saturated rings. The topological polar surface area (TPSA) is 135 Å². The van der Waals surface area contributed by atoms with Crippen LogP contribution in [-0.4, -0.2) is 59.1 Å². The first-order chi connectivity index (χ1) is 18.5. The first-order valence-electron chi connectivity index (χ1n) is 12.5. The van der Waals surface area contributed by atoms with Crippen LogP contribution in [0.4, 0.5) is 16.3 Å². The number of aliphatic imine (C=N–C) groups is 1. The van der Waals surface area contributed by atoms with Gasteiger partial charge in [0.05, 0.1) is 6.61 Å². The van der Waals surface area contributed by atoms with Gasteiger partial charge in [0.15, 0.2) is 11.8 Å². The summed E-state index contributed by atoms with van der Waals surface area (Å²) in [6.07, 6.45) is 8.22. The van der Waals surface area contributed by atoms with Gasteiger partial charge in [0.2, 0.25) is 0 Å². The summed E-state index contributed by atoms with van der Waals surface area (Å²) in [4.78, 5) is 39.0. The highest BCUT2D eigenvalue weighted by Crippen LogP contribution is 2.29. The van der Waals surface area contributed by atoms with Crippen molar-refractivity contribution in [3.63, 3.8) is 0 Å². The number of guanidine groups is 1. The number of rotatable bonds is 8. The number of ether oxygens (including phenoxy) is 1. The largest absolute Gasteiger partial charge is 0.450 e. The lowest BCUT2D eigenvalue weighted by Crippen LogP contribution is -2.35. The van der Waals surface area contributed by atoms with Gasteiger partial charge in [0.25, 0.3) is 5.91 Å². The van der Waals surface area contributed by atoms with E-state index in [4.69, 9.17) is 10.5 Å². The smallest absolute Gasteiger partial charge is 0.410 e. The van der Waals surface area contributed by atoms with Gasteiger partial charge in [-0.2, -0.15) is 4.99 Å². The van der Waals surface area contributed by atoms with E-state index in [1.807, 2.05) is 30.3 Å². The highest BCUT2D eigenvalue weighted by molar-refractivity contribution is 5.97. The molecule has 10 nitrogen and oxygen atoms in total. The molecule has 0 aliphatic carbocycles. The number of carbonyl (C=O) groups is 2. The van der Waals surface area contributed by atoms with Crippen LogP contribution in [0.3, 0.4) is 0 Å². The Bertz CT molecular complexity index is 1310. The number of hydrogen-bond donors (Lipinski definition) is 3. The maximum absolute atomic E-state index is 12.4. The monoisotopic (exact) mass is 513 g/mol. The summed E-state index contributed by atoms with van der Waals surface area (Å²) in [7, 11) is 0. The predicted octanol–water partition coefficient (Wildman–Crippen LogP) is 3.75. The van der Waals surface area contributed by atoms with Crippen LogP contribution in [0.2, 0.25) is 0 Å². The van der Waals surface area contributed by atoms with Gasteiger partial charge in [-0.3, -0.25) is 9.78 Å². The van der Waals surface area contributed by atoms with Crippen molar-refractivity contribution in [1.82, 2.24) is 20.2 Å². The standard InChI is InChI=1S/C28H31N7O3/c1-2-38-28(37)35-17-12-21(13-18-35)24-6-4-15-31-25(24)34-27(29)33-23-9-7-22(8-10-23)26(36)32-16-11-20-5-3-14-30-19-20/h3-10,12,14-15,19H,2,11,13,16-18H2,1H3,(H,32,36)(H3,29,31,33,34). The van der Waals surface area contributed by atoms with Crippen molar-refractivity contribution in [1.29, 1.82) is 0 Å². The molecule has 196 valence electrons. The number of pyridine rings is 2. The molecule has 2 amide bonds. The fourth-order valence-electron chi connectivity index (χ4n) is 3.99. The van der Waals surface area contributed by atoms with E-state index in [9.17, 15) is 9.59 Å². The molecule has 3 aromatic rings. The van der Waals surface area contributed by atoms with Gasteiger partial charge in [0, 0.05) is 55.0 Å². The molecule has 4 rings (SSSR count). The lowest BCUT2D eigenvalue weighted by molar-refractivity contribution is 0.0953. The summed E-state index contributed by atoms with van der Waals surface area (Å²) < 4.78 is 5.08. The third-order valence-electron chi connectivity index (χ3n) is 5.94. The van der Waals surface area contributed by atoms with Gasteiger partial charge in [0.1, 0.15) is 0 Å². The van der Waals surface area contributed by atoms with Crippen LogP contribution in [-0.2, 0) is 11.2 Å². The SMILES string of the molecule is CCOC(=O)N1CC=C(c2cccnc2N=C(N)Nc2ccc(C(=O)NCCc3cccnc3)cc2)CC1. The van der Waals surface area contributed by atoms with Gasteiger partial charge in [-0.15, -0.1) is 0 Å². The summed E-state index contributed by atoms with van der Waals surface area (Å²) in [5, 5.41) is 5.96. The second-order valence-corrected chi connectivity index (χ2v) is 8.57.